The molecule has 0 aromatic rings. The van der Waals surface area contributed by atoms with Crippen LogP contribution in [0.1, 0.15) is 6.42 Å². The Morgan fingerprint density at radius 2 is 2.44 bits per heavy atom. The third-order valence-corrected chi connectivity index (χ3v) is 1.19. The van der Waals surface area contributed by atoms with E-state index < -0.39 is 0 Å². The lowest BCUT2D eigenvalue weighted by Crippen LogP contribution is -2.33. The first-order valence-corrected chi connectivity index (χ1v) is 2.89. The van der Waals surface area contributed by atoms with Crippen LogP contribution in [0.25, 0.3) is 0 Å². The van der Waals surface area contributed by atoms with Crippen LogP contribution in [0.5, 0.6) is 0 Å². The van der Waals surface area contributed by atoms with Gasteiger partial charge in [-0.05, 0) is 0 Å². The van der Waals surface area contributed by atoms with E-state index in [1.807, 2.05) is 0 Å². The van der Waals surface area contributed by atoms with Crippen molar-refractivity contribution in [2.75, 3.05) is 0 Å². The molecule has 0 aromatic carbocycles. The molecule has 0 atom stereocenters. The fourth-order valence-corrected chi connectivity index (χ4v) is 0.890. The molecule has 3 N–H and O–H groups in total. The average molecular weight is 142 g/mol. The summed E-state index contributed by atoms with van der Waals surface area (Å²) in [6.45, 7) is 0. The molecule has 1 aliphatic heterocycles. The summed E-state index contributed by atoms with van der Waals surface area (Å²) in [7, 11) is 0. The molecule has 48 valence electrons. The van der Waals surface area contributed by atoms with Crippen molar-refractivity contribution in [2.45, 2.75) is 6.42 Å². The predicted octanol–water partition coefficient (Wildman–Crippen LogP) is -0.324. The van der Waals surface area contributed by atoms with Gasteiger partial charge in [-0.3, -0.25) is 4.79 Å². The lowest BCUT2D eigenvalue weighted by molar-refractivity contribution is -0.115. The fourth-order valence-electron chi connectivity index (χ4n) is 0.623. The molecule has 1 aliphatic rings. The van der Waals surface area contributed by atoms with E-state index in [4.69, 9.17) is 18.0 Å². The Balaban J connectivity index is 2.79. The number of hydrogen-bond donors (Lipinski definition) is 2. The maximum Gasteiger partial charge on any atom is 0.250 e. The Morgan fingerprint density at radius 1 is 1.78 bits per heavy atom. The molecule has 1 amide bonds. The number of carbonyl (C=O) groups excluding carboxylic acids is 1. The smallest absolute Gasteiger partial charge is 0.250 e. The highest BCUT2D eigenvalue weighted by Gasteiger charge is 2.09. The molecule has 0 saturated carbocycles. The van der Waals surface area contributed by atoms with Crippen molar-refractivity contribution < 1.29 is 4.79 Å². The number of nitrogens with one attached hydrogen (secondary N) is 1. The topological polar surface area (TPSA) is 55.1 Å². The molecule has 0 spiro atoms. The molecule has 0 aromatic heterocycles. The summed E-state index contributed by atoms with van der Waals surface area (Å²) in [4.78, 5) is 11.0. The summed E-state index contributed by atoms with van der Waals surface area (Å²) in [5, 5.41) is 2.45. The highest BCUT2D eigenvalue weighted by Crippen LogP contribution is 1.99. The molecule has 1 rings (SSSR count). The Labute approximate surface area is 57.9 Å². The second-order valence-electron chi connectivity index (χ2n) is 1.81. The van der Waals surface area contributed by atoms with Crippen LogP contribution in [-0.4, -0.2) is 10.9 Å². The van der Waals surface area contributed by atoms with Crippen LogP contribution in [0.3, 0.4) is 0 Å². The summed E-state index contributed by atoms with van der Waals surface area (Å²) in [6.07, 6.45) is 1.84. The van der Waals surface area contributed by atoms with Crippen molar-refractivity contribution in [1.29, 1.82) is 0 Å². The minimum absolute atomic E-state index is 0.219. The second kappa shape index (κ2) is 2.14. The second-order valence-corrected chi connectivity index (χ2v) is 2.30. The molecule has 0 radical (unpaired) electrons. The zero-order valence-corrected chi connectivity index (χ0v) is 5.49. The van der Waals surface area contributed by atoms with E-state index in [2.05, 4.69) is 5.32 Å². The van der Waals surface area contributed by atoms with E-state index in [9.17, 15) is 4.79 Å². The molecule has 0 bridgehead atoms. The van der Waals surface area contributed by atoms with E-state index in [1.165, 1.54) is 6.08 Å². The number of nitrogens with two attached hydrogens (primary N) is 1. The molecule has 3 nitrogen and oxygen atoms in total. The molecule has 0 unspecified atom stereocenters. The average Bonchev–Trinajstić information content (AvgIpc) is 1.59. The van der Waals surface area contributed by atoms with Crippen LogP contribution in [0.15, 0.2) is 11.8 Å². The fraction of sp³-hybridized carbons (Fsp3) is 0.200. The quantitative estimate of drug-likeness (QED) is 0.456. The lowest BCUT2D eigenvalue weighted by Gasteiger charge is -2.09. The van der Waals surface area contributed by atoms with Crippen LogP contribution >= 0.6 is 12.2 Å². The monoisotopic (exact) mass is 142 g/mol. The van der Waals surface area contributed by atoms with Gasteiger partial charge in [0.1, 0.15) is 0 Å². The highest BCUT2D eigenvalue weighted by molar-refractivity contribution is 7.80. The number of hydrogen-bond acceptors (Lipinski definition) is 3. The first kappa shape index (κ1) is 6.22. The van der Waals surface area contributed by atoms with Crippen molar-refractivity contribution >= 4 is 23.1 Å². The van der Waals surface area contributed by atoms with Crippen molar-refractivity contribution in [3.8, 4) is 0 Å². The lowest BCUT2D eigenvalue weighted by atomic mass is 10.2. The van der Waals surface area contributed by atoms with Crippen LogP contribution < -0.4 is 11.1 Å². The SMILES string of the molecule is NC1=CC(=O)NC(=S)C1. The van der Waals surface area contributed by atoms with Gasteiger partial charge in [-0.1, -0.05) is 12.2 Å². The van der Waals surface area contributed by atoms with Crippen molar-refractivity contribution in [3.05, 3.63) is 11.8 Å². The van der Waals surface area contributed by atoms with Gasteiger partial charge in [0.15, 0.2) is 0 Å². The minimum Gasteiger partial charge on any atom is -0.402 e. The van der Waals surface area contributed by atoms with Gasteiger partial charge in [0.25, 0.3) is 0 Å². The van der Waals surface area contributed by atoms with Gasteiger partial charge in [0.05, 0.1) is 4.99 Å². The molecule has 0 fully saturated rings. The van der Waals surface area contributed by atoms with E-state index in [1.54, 1.807) is 0 Å². The first-order chi connectivity index (χ1) is 4.18. The molecular weight excluding hydrogens is 136 g/mol. The summed E-state index contributed by atoms with van der Waals surface area (Å²) in [6, 6.07) is 0. The Bertz CT molecular complexity index is 197. The van der Waals surface area contributed by atoms with Crippen molar-refractivity contribution in [1.82, 2.24) is 5.32 Å². The number of amides is 1. The van der Waals surface area contributed by atoms with Gasteiger partial charge in [-0.2, -0.15) is 0 Å². The third kappa shape index (κ3) is 1.50. The molecule has 0 saturated heterocycles. The third-order valence-electron chi connectivity index (χ3n) is 0.944. The van der Waals surface area contributed by atoms with E-state index in [0.717, 1.165) is 0 Å². The Kier molecular flexibility index (Phi) is 1.48. The maximum absolute atomic E-state index is 10.5. The van der Waals surface area contributed by atoms with Crippen molar-refractivity contribution in [2.24, 2.45) is 5.73 Å². The summed E-state index contributed by atoms with van der Waals surface area (Å²) in [5.74, 6) is -0.219. The summed E-state index contributed by atoms with van der Waals surface area (Å²) < 4.78 is 0. The van der Waals surface area contributed by atoms with Crippen molar-refractivity contribution in [3.63, 3.8) is 0 Å². The van der Waals surface area contributed by atoms with Gasteiger partial charge in [0.2, 0.25) is 5.91 Å². The highest BCUT2D eigenvalue weighted by atomic mass is 32.1. The van der Waals surface area contributed by atoms with Crippen LogP contribution in [0, 0.1) is 0 Å². The molecule has 1 heterocycles. The largest absolute Gasteiger partial charge is 0.402 e. The van der Waals surface area contributed by atoms with Gasteiger partial charge >= 0.3 is 0 Å². The maximum atomic E-state index is 10.5. The van der Waals surface area contributed by atoms with Gasteiger partial charge in [-0.15, -0.1) is 0 Å². The zero-order chi connectivity index (χ0) is 6.85. The number of carbonyl (C=O) groups is 1. The van der Waals surface area contributed by atoms with Crippen LogP contribution in [0.4, 0.5) is 0 Å². The van der Waals surface area contributed by atoms with Gasteiger partial charge < -0.3 is 11.1 Å². The van der Waals surface area contributed by atoms with E-state index >= 15 is 0 Å². The predicted molar refractivity (Wildman–Crippen MR) is 37.6 cm³/mol. The zero-order valence-electron chi connectivity index (χ0n) is 4.68. The van der Waals surface area contributed by atoms with Crippen LogP contribution in [0.2, 0.25) is 0 Å². The number of thiocarbonyl (C=S) groups is 1. The summed E-state index contributed by atoms with van der Waals surface area (Å²) in [5.41, 5.74) is 5.86. The van der Waals surface area contributed by atoms with Gasteiger partial charge in [0, 0.05) is 18.2 Å². The molecule has 0 aliphatic carbocycles. The van der Waals surface area contributed by atoms with Crippen LogP contribution in [-0.2, 0) is 4.79 Å². The standard InChI is InChI=1S/C5H6N2OS/c6-3-1-4(8)7-5(9)2-3/h1H,2,6H2,(H,7,8,9). The van der Waals surface area contributed by atoms with E-state index in [0.29, 0.717) is 17.1 Å². The Morgan fingerprint density at radius 3 is 2.89 bits per heavy atom. The molecule has 9 heavy (non-hydrogen) atoms. The Hall–Kier alpha value is -0.900. The van der Waals surface area contributed by atoms with Gasteiger partial charge in [-0.25, -0.2) is 0 Å². The minimum atomic E-state index is -0.219. The van der Waals surface area contributed by atoms with E-state index in [-0.39, 0.29) is 5.91 Å². The molecular formula is C5H6N2OS. The number of rotatable bonds is 0. The summed E-state index contributed by atoms with van der Waals surface area (Å²) >= 11 is 4.71. The molecule has 4 heteroatoms. The first-order valence-electron chi connectivity index (χ1n) is 2.48. The normalized spacial score (nSPS) is 18.9.